The van der Waals surface area contributed by atoms with Crippen LogP contribution in [0.2, 0.25) is 0 Å². The van der Waals surface area contributed by atoms with E-state index < -0.39 is 22.5 Å². The Labute approximate surface area is 123 Å². The van der Waals surface area contributed by atoms with Gasteiger partial charge in [-0.2, -0.15) is 0 Å². The third-order valence-corrected chi connectivity index (χ3v) is 2.58. The number of rotatable bonds is 4. The highest BCUT2D eigenvalue weighted by molar-refractivity contribution is 6.00. The number of carbonyl (C=O) groups is 1. The number of hydrogen-bond donors (Lipinski definition) is 2. The highest BCUT2D eigenvalue weighted by atomic mass is 19.1. The molecule has 10 heteroatoms. The molecule has 0 fully saturated rings. The predicted octanol–water partition coefficient (Wildman–Crippen LogP) is 2.68. The monoisotopic (exact) mass is 310 g/mol. The Morgan fingerprint density at radius 3 is 2.68 bits per heavy atom. The van der Waals surface area contributed by atoms with Crippen molar-refractivity contribution in [1.82, 2.24) is 5.16 Å². The van der Waals surface area contributed by atoms with Crippen molar-refractivity contribution in [2.24, 2.45) is 0 Å². The molecule has 1 aromatic carbocycles. The maximum atomic E-state index is 13.6. The number of nitro groups is 1. The molecule has 9 nitrogen and oxygen atoms in total. The number of nitro benzene ring substituents is 1. The van der Waals surface area contributed by atoms with Gasteiger partial charge in [-0.1, -0.05) is 5.16 Å². The van der Waals surface area contributed by atoms with Crippen molar-refractivity contribution in [3.8, 4) is 5.75 Å². The molecule has 1 aromatic heterocycles. The van der Waals surface area contributed by atoms with Crippen LogP contribution in [0.4, 0.5) is 26.4 Å². The summed E-state index contributed by atoms with van der Waals surface area (Å²) in [6, 6.07) is 2.29. The van der Waals surface area contributed by atoms with Gasteiger partial charge in [0.2, 0.25) is 0 Å². The van der Waals surface area contributed by atoms with Crippen molar-refractivity contribution in [3.05, 3.63) is 39.9 Å². The summed E-state index contributed by atoms with van der Waals surface area (Å²) in [5.41, 5.74) is -0.828. The van der Waals surface area contributed by atoms with Crippen LogP contribution in [0.25, 0.3) is 0 Å². The van der Waals surface area contributed by atoms with E-state index in [1.165, 1.54) is 13.2 Å². The lowest BCUT2D eigenvalue weighted by Crippen LogP contribution is -2.20. The van der Waals surface area contributed by atoms with Crippen molar-refractivity contribution < 1.29 is 23.4 Å². The van der Waals surface area contributed by atoms with E-state index in [1.807, 2.05) is 0 Å². The number of nitrogens with zero attached hydrogens (tertiary/aromatic N) is 2. The predicted molar refractivity (Wildman–Crippen MR) is 73.5 cm³/mol. The van der Waals surface area contributed by atoms with Crippen LogP contribution in [0.5, 0.6) is 5.75 Å². The Kier molecular flexibility index (Phi) is 4.20. The molecule has 0 aliphatic rings. The molecule has 0 radical (unpaired) electrons. The zero-order valence-electron chi connectivity index (χ0n) is 11.5. The van der Waals surface area contributed by atoms with Gasteiger partial charge < -0.3 is 14.6 Å². The third-order valence-electron chi connectivity index (χ3n) is 2.58. The normalized spacial score (nSPS) is 10.1. The van der Waals surface area contributed by atoms with Crippen LogP contribution in [0.1, 0.15) is 5.76 Å². The SMILES string of the molecule is COc1cc([N+](=O)[O-])c(NC(=O)Nc2cc(C)on2)cc1F. The van der Waals surface area contributed by atoms with Gasteiger partial charge in [0.1, 0.15) is 11.4 Å². The summed E-state index contributed by atoms with van der Waals surface area (Å²) in [5.74, 6) is -0.561. The highest BCUT2D eigenvalue weighted by Crippen LogP contribution is 2.31. The summed E-state index contributed by atoms with van der Waals surface area (Å²) in [7, 11) is 1.18. The van der Waals surface area contributed by atoms with E-state index in [9.17, 15) is 19.3 Å². The van der Waals surface area contributed by atoms with Gasteiger partial charge in [-0.05, 0) is 6.92 Å². The smallest absolute Gasteiger partial charge is 0.325 e. The molecule has 2 rings (SSSR count). The number of methoxy groups -OCH3 is 1. The Hall–Kier alpha value is -3.17. The number of amides is 2. The zero-order chi connectivity index (χ0) is 16.3. The Balaban J connectivity index is 2.22. The van der Waals surface area contributed by atoms with E-state index in [0.29, 0.717) is 5.76 Å². The van der Waals surface area contributed by atoms with Crippen LogP contribution in [0.3, 0.4) is 0 Å². The molecular weight excluding hydrogens is 299 g/mol. The zero-order valence-corrected chi connectivity index (χ0v) is 11.5. The van der Waals surface area contributed by atoms with E-state index in [4.69, 9.17) is 4.52 Å². The molecule has 0 unspecified atom stereocenters. The van der Waals surface area contributed by atoms with Gasteiger partial charge in [-0.25, -0.2) is 9.18 Å². The fraction of sp³-hybridized carbons (Fsp3) is 0.167. The maximum Gasteiger partial charge on any atom is 0.325 e. The average molecular weight is 310 g/mol. The first-order chi connectivity index (χ1) is 10.4. The number of carbonyl (C=O) groups excluding carboxylic acids is 1. The molecule has 2 aromatic rings. The summed E-state index contributed by atoms with van der Waals surface area (Å²) in [6.07, 6.45) is 0. The fourth-order valence-corrected chi connectivity index (χ4v) is 1.65. The average Bonchev–Trinajstić information content (AvgIpc) is 2.83. The molecule has 0 aliphatic heterocycles. The standard InChI is InChI=1S/C12H11FN4O5/c1-6-3-11(16-22-6)15-12(18)14-8-4-7(13)10(21-2)5-9(8)17(19)20/h3-5H,1-2H3,(H2,14,15,16,18). The largest absolute Gasteiger partial charge is 0.493 e. The van der Waals surface area contributed by atoms with Gasteiger partial charge in [0, 0.05) is 12.1 Å². The Bertz CT molecular complexity index is 730. The van der Waals surface area contributed by atoms with Crippen LogP contribution < -0.4 is 15.4 Å². The summed E-state index contributed by atoms with van der Waals surface area (Å²) in [5, 5.41) is 19.0. The van der Waals surface area contributed by atoms with Crippen LogP contribution in [0, 0.1) is 22.9 Å². The van der Waals surface area contributed by atoms with Gasteiger partial charge in [-0.3, -0.25) is 15.4 Å². The van der Waals surface area contributed by atoms with Crippen molar-refractivity contribution in [1.29, 1.82) is 0 Å². The highest BCUT2D eigenvalue weighted by Gasteiger charge is 2.21. The number of urea groups is 1. The van der Waals surface area contributed by atoms with Gasteiger partial charge in [0.05, 0.1) is 18.1 Å². The first-order valence-corrected chi connectivity index (χ1v) is 5.94. The second-order valence-corrected chi connectivity index (χ2v) is 4.16. The third kappa shape index (κ3) is 3.29. The molecule has 0 saturated heterocycles. The molecule has 22 heavy (non-hydrogen) atoms. The number of aromatic nitrogens is 1. The molecule has 1 heterocycles. The molecule has 0 aliphatic carbocycles. The summed E-state index contributed by atoms with van der Waals surface area (Å²) in [4.78, 5) is 22.0. The van der Waals surface area contributed by atoms with E-state index in [1.54, 1.807) is 6.92 Å². The minimum Gasteiger partial charge on any atom is -0.493 e. The van der Waals surface area contributed by atoms with Crippen molar-refractivity contribution in [3.63, 3.8) is 0 Å². The minimum absolute atomic E-state index is 0.117. The fourth-order valence-electron chi connectivity index (χ4n) is 1.65. The number of halogens is 1. The van der Waals surface area contributed by atoms with Crippen LogP contribution >= 0.6 is 0 Å². The molecule has 116 valence electrons. The van der Waals surface area contributed by atoms with Crippen molar-refractivity contribution in [2.45, 2.75) is 6.92 Å². The number of nitrogens with one attached hydrogen (secondary N) is 2. The lowest BCUT2D eigenvalue weighted by atomic mass is 10.2. The van der Waals surface area contributed by atoms with Crippen LogP contribution in [-0.2, 0) is 0 Å². The quantitative estimate of drug-likeness (QED) is 0.661. The molecular formula is C12H11FN4O5. The van der Waals surface area contributed by atoms with Gasteiger partial charge in [-0.15, -0.1) is 0 Å². The summed E-state index contributed by atoms with van der Waals surface area (Å²) in [6.45, 7) is 1.62. The lowest BCUT2D eigenvalue weighted by Gasteiger charge is -2.08. The summed E-state index contributed by atoms with van der Waals surface area (Å²) >= 11 is 0. The topological polar surface area (TPSA) is 120 Å². The number of aryl methyl sites for hydroxylation is 1. The first kappa shape index (κ1) is 15.2. The van der Waals surface area contributed by atoms with E-state index in [0.717, 1.165) is 12.1 Å². The van der Waals surface area contributed by atoms with Crippen molar-refractivity contribution in [2.75, 3.05) is 17.7 Å². The van der Waals surface area contributed by atoms with E-state index >= 15 is 0 Å². The van der Waals surface area contributed by atoms with Gasteiger partial charge in [0.15, 0.2) is 17.4 Å². The second-order valence-electron chi connectivity index (χ2n) is 4.16. The molecule has 2 N–H and O–H groups in total. The van der Waals surface area contributed by atoms with Crippen molar-refractivity contribution >= 4 is 23.2 Å². The van der Waals surface area contributed by atoms with Crippen LogP contribution in [-0.4, -0.2) is 23.2 Å². The Morgan fingerprint density at radius 1 is 1.41 bits per heavy atom. The molecule has 0 bridgehead atoms. The van der Waals surface area contributed by atoms with E-state index in [-0.39, 0.29) is 17.3 Å². The van der Waals surface area contributed by atoms with Gasteiger partial charge in [0.25, 0.3) is 5.69 Å². The lowest BCUT2D eigenvalue weighted by molar-refractivity contribution is -0.384. The molecule has 0 saturated carbocycles. The first-order valence-electron chi connectivity index (χ1n) is 5.94. The van der Waals surface area contributed by atoms with E-state index in [2.05, 4.69) is 20.5 Å². The number of benzene rings is 1. The second kappa shape index (κ2) is 6.08. The van der Waals surface area contributed by atoms with Gasteiger partial charge >= 0.3 is 6.03 Å². The molecule has 0 atom stereocenters. The number of anilines is 2. The molecule has 2 amide bonds. The Morgan fingerprint density at radius 2 is 2.14 bits per heavy atom. The summed E-state index contributed by atoms with van der Waals surface area (Å²) < 4.78 is 23.0. The molecule has 0 spiro atoms. The number of hydrogen-bond acceptors (Lipinski definition) is 6. The maximum absolute atomic E-state index is 13.6. The number of ether oxygens (including phenoxy) is 1. The van der Waals surface area contributed by atoms with Crippen LogP contribution in [0.15, 0.2) is 22.7 Å². The minimum atomic E-state index is -0.847.